The van der Waals surface area contributed by atoms with E-state index in [1.54, 1.807) is 19.5 Å². The number of anilines is 3. The molecule has 1 heterocycles. The molecule has 0 aliphatic rings. The molecule has 0 bridgehead atoms. The zero-order chi connectivity index (χ0) is 14.4. The summed E-state index contributed by atoms with van der Waals surface area (Å²) >= 11 is 0. The van der Waals surface area contributed by atoms with Gasteiger partial charge in [-0.2, -0.15) is 0 Å². The van der Waals surface area contributed by atoms with Gasteiger partial charge in [-0.1, -0.05) is 13.0 Å². The summed E-state index contributed by atoms with van der Waals surface area (Å²) in [6.45, 7) is 3.01. The van der Waals surface area contributed by atoms with Crippen LogP contribution in [0.1, 0.15) is 13.3 Å². The maximum absolute atomic E-state index is 5.24. The molecule has 0 aliphatic carbocycles. The maximum atomic E-state index is 5.24. The third-order valence-corrected chi connectivity index (χ3v) is 2.96. The molecule has 0 saturated heterocycles. The molecule has 1 aromatic carbocycles. The standard InChI is InChI=1S/C15H20N4O/c1-4-8-17-14-10-16-11-15(18-14)19(2)12-6-5-7-13(9-12)20-3/h5-7,9-11H,4,8H2,1-3H3,(H,17,18). The highest BCUT2D eigenvalue weighted by molar-refractivity contribution is 5.61. The van der Waals surface area contributed by atoms with Gasteiger partial charge in [0.05, 0.1) is 19.5 Å². The van der Waals surface area contributed by atoms with Gasteiger partial charge in [-0.05, 0) is 18.6 Å². The molecule has 5 heteroatoms. The number of hydrogen-bond donors (Lipinski definition) is 1. The fraction of sp³-hybridized carbons (Fsp3) is 0.333. The van der Waals surface area contributed by atoms with E-state index < -0.39 is 0 Å². The van der Waals surface area contributed by atoms with Gasteiger partial charge in [0.1, 0.15) is 11.6 Å². The second-order valence-corrected chi connectivity index (χ2v) is 4.45. The van der Waals surface area contributed by atoms with E-state index in [1.165, 1.54) is 0 Å². The molecule has 0 atom stereocenters. The molecule has 2 aromatic rings. The lowest BCUT2D eigenvalue weighted by Crippen LogP contribution is -2.13. The number of ether oxygens (including phenoxy) is 1. The van der Waals surface area contributed by atoms with E-state index in [4.69, 9.17) is 4.74 Å². The number of nitrogens with one attached hydrogen (secondary N) is 1. The van der Waals surface area contributed by atoms with Crippen molar-refractivity contribution in [3.8, 4) is 5.75 Å². The lowest BCUT2D eigenvalue weighted by molar-refractivity contribution is 0.415. The van der Waals surface area contributed by atoms with Crippen molar-refractivity contribution in [2.45, 2.75) is 13.3 Å². The molecule has 2 rings (SSSR count). The van der Waals surface area contributed by atoms with E-state index in [0.717, 1.165) is 36.0 Å². The number of rotatable bonds is 6. The van der Waals surface area contributed by atoms with E-state index in [-0.39, 0.29) is 0 Å². The Morgan fingerprint density at radius 1 is 1.30 bits per heavy atom. The molecular formula is C15H20N4O. The van der Waals surface area contributed by atoms with Crippen molar-refractivity contribution in [2.75, 3.05) is 30.9 Å². The van der Waals surface area contributed by atoms with Gasteiger partial charge in [-0.25, -0.2) is 4.98 Å². The Hall–Kier alpha value is -2.30. The topological polar surface area (TPSA) is 50.3 Å². The molecule has 0 aliphatic heterocycles. The Kier molecular flexibility index (Phi) is 4.76. The number of benzene rings is 1. The number of hydrogen-bond acceptors (Lipinski definition) is 5. The van der Waals surface area contributed by atoms with Crippen LogP contribution in [-0.2, 0) is 0 Å². The van der Waals surface area contributed by atoms with Gasteiger partial charge in [0.25, 0.3) is 0 Å². The largest absolute Gasteiger partial charge is 0.497 e. The van der Waals surface area contributed by atoms with Crippen molar-refractivity contribution in [1.29, 1.82) is 0 Å². The Labute approximate surface area is 119 Å². The van der Waals surface area contributed by atoms with Crippen LogP contribution in [0.15, 0.2) is 36.7 Å². The third kappa shape index (κ3) is 3.38. The molecule has 0 amide bonds. The second kappa shape index (κ2) is 6.75. The first-order valence-corrected chi connectivity index (χ1v) is 6.68. The van der Waals surface area contributed by atoms with E-state index in [2.05, 4.69) is 22.2 Å². The van der Waals surface area contributed by atoms with Crippen LogP contribution in [-0.4, -0.2) is 30.7 Å². The molecule has 0 spiro atoms. The van der Waals surface area contributed by atoms with Crippen molar-refractivity contribution in [1.82, 2.24) is 9.97 Å². The van der Waals surface area contributed by atoms with Crippen molar-refractivity contribution < 1.29 is 4.74 Å². The molecule has 0 saturated carbocycles. The summed E-state index contributed by atoms with van der Waals surface area (Å²) in [5.74, 6) is 2.40. The summed E-state index contributed by atoms with van der Waals surface area (Å²) in [5.41, 5.74) is 1.01. The van der Waals surface area contributed by atoms with Gasteiger partial charge in [-0.15, -0.1) is 0 Å². The van der Waals surface area contributed by atoms with Gasteiger partial charge in [0, 0.05) is 25.3 Å². The van der Waals surface area contributed by atoms with Crippen molar-refractivity contribution in [3.05, 3.63) is 36.7 Å². The first-order chi connectivity index (χ1) is 9.74. The zero-order valence-electron chi connectivity index (χ0n) is 12.1. The molecule has 0 unspecified atom stereocenters. The van der Waals surface area contributed by atoms with E-state index >= 15 is 0 Å². The van der Waals surface area contributed by atoms with E-state index in [9.17, 15) is 0 Å². The van der Waals surface area contributed by atoms with Gasteiger partial charge < -0.3 is 15.0 Å². The monoisotopic (exact) mass is 272 g/mol. The van der Waals surface area contributed by atoms with Crippen LogP contribution in [0.4, 0.5) is 17.3 Å². The van der Waals surface area contributed by atoms with Crippen LogP contribution in [0.3, 0.4) is 0 Å². The SMILES string of the molecule is CCCNc1cncc(N(C)c2cccc(OC)c2)n1. The highest BCUT2D eigenvalue weighted by Crippen LogP contribution is 2.25. The first kappa shape index (κ1) is 14.1. The fourth-order valence-corrected chi connectivity index (χ4v) is 1.81. The summed E-state index contributed by atoms with van der Waals surface area (Å²) < 4.78 is 5.24. The number of nitrogens with zero attached hydrogens (tertiary/aromatic N) is 3. The Balaban J connectivity index is 2.21. The molecule has 1 aromatic heterocycles. The van der Waals surface area contributed by atoms with Crippen molar-refractivity contribution in [3.63, 3.8) is 0 Å². The van der Waals surface area contributed by atoms with E-state index in [1.807, 2.05) is 36.2 Å². The van der Waals surface area contributed by atoms with Crippen molar-refractivity contribution in [2.24, 2.45) is 0 Å². The third-order valence-electron chi connectivity index (χ3n) is 2.96. The van der Waals surface area contributed by atoms with Gasteiger partial charge >= 0.3 is 0 Å². The highest BCUT2D eigenvalue weighted by Gasteiger charge is 2.07. The molecule has 0 fully saturated rings. The molecule has 1 N–H and O–H groups in total. The smallest absolute Gasteiger partial charge is 0.153 e. The summed E-state index contributed by atoms with van der Waals surface area (Å²) in [6.07, 6.45) is 4.53. The molecule has 106 valence electrons. The second-order valence-electron chi connectivity index (χ2n) is 4.45. The predicted octanol–water partition coefficient (Wildman–Crippen LogP) is 3.08. The average molecular weight is 272 g/mol. The summed E-state index contributed by atoms with van der Waals surface area (Å²) in [6, 6.07) is 7.85. The van der Waals surface area contributed by atoms with Gasteiger partial charge in [0.2, 0.25) is 0 Å². The normalized spacial score (nSPS) is 10.2. The molecule has 0 radical (unpaired) electrons. The lowest BCUT2D eigenvalue weighted by atomic mass is 10.3. The Bertz CT molecular complexity index is 559. The fourth-order valence-electron chi connectivity index (χ4n) is 1.81. The first-order valence-electron chi connectivity index (χ1n) is 6.68. The van der Waals surface area contributed by atoms with Crippen molar-refractivity contribution >= 4 is 17.3 Å². The van der Waals surface area contributed by atoms with Crippen LogP contribution < -0.4 is 15.0 Å². The maximum Gasteiger partial charge on any atom is 0.153 e. The Morgan fingerprint density at radius 3 is 2.90 bits per heavy atom. The minimum atomic E-state index is 0.791. The van der Waals surface area contributed by atoms with Crippen LogP contribution >= 0.6 is 0 Å². The summed E-state index contributed by atoms with van der Waals surface area (Å²) in [4.78, 5) is 10.8. The lowest BCUT2D eigenvalue weighted by Gasteiger charge is -2.19. The van der Waals surface area contributed by atoms with E-state index in [0.29, 0.717) is 0 Å². The molecule has 20 heavy (non-hydrogen) atoms. The van der Waals surface area contributed by atoms with Crippen LogP contribution in [0.2, 0.25) is 0 Å². The highest BCUT2D eigenvalue weighted by atomic mass is 16.5. The van der Waals surface area contributed by atoms with Crippen LogP contribution in [0.5, 0.6) is 5.75 Å². The molecule has 5 nitrogen and oxygen atoms in total. The number of methoxy groups -OCH3 is 1. The zero-order valence-corrected chi connectivity index (χ0v) is 12.1. The summed E-state index contributed by atoms with van der Waals surface area (Å²) in [5, 5.41) is 3.24. The quantitative estimate of drug-likeness (QED) is 0.875. The molecular weight excluding hydrogens is 252 g/mol. The average Bonchev–Trinajstić information content (AvgIpc) is 2.52. The Morgan fingerprint density at radius 2 is 2.15 bits per heavy atom. The number of aromatic nitrogens is 2. The van der Waals surface area contributed by atoms with Crippen LogP contribution in [0, 0.1) is 0 Å². The predicted molar refractivity (Wildman–Crippen MR) is 81.9 cm³/mol. The minimum Gasteiger partial charge on any atom is -0.497 e. The minimum absolute atomic E-state index is 0.791. The van der Waals surface area contributed by atoms with Crippen LogP contribution in [0.25, 0.3) is 0 Å². The van der Waals surface area contributed by atoms with Gasteiger partial charge in [-0.3, -0.25) is 4.98 Å². The van der Waals surface area contributed by atoms with Gasteiger partial charge in [0.15, 0.2) is 5.82 Å². The summed E-state index contributed by atoms with van der Waals surface area (Å²) in [7, 11) is 3.62.